The van der Waals surface area contributed by atoms with Gasteiger partial charge in [0, 0.05) is 16.5 Å². The molecule has 0 aliphatic rings. The molecule has 0 spiro atoms. The summed E-state index contributed by atoms with van der Waals surface area (Å²) in [6.45, 7) is 5.29. The van der Waals surface area contributed by atoms with E-state index in [0.29, 0.717) is 5.39 Å². The van der Waals surface area contributed by atoms with Crippen LogP contribution in [0, 0.1) is 0 Å². The molecule has 3 rings (SSSR count). The Hall–Kier alpha value is -2.37. The highest BCUT2D eigenvalue weighted by Gasteiger charge is 2.23. The van der Waals surface area contributed by atoms with Gasteiger partial charge in [-0.3, -0.25) is 9.48 Å². The largest absolute Gasteiger partial charge is 0.419 e. The highest BCUT2D eigenvalue weighted by atomic mass is 35.5. The third-order valence-corrected chi connectivity index (χ3v) is 4.38. The van der Waals surface area contributed by atoms with Crippen LogP contribution in [0.2, 0.25) is 10.0 Å². The second-order valence-corrected chi connectivity index (χ2v) is 6.96. The number of hydrogen-bond acceptors (Lipinski definition) is 4. The number of hydrogen-bond donors (Lipinski definition) is 0. The minimum absolute atomic E-state index is 0.0169. The van der Waals surface area contributed by atoms with Crippen LogP contribution in [0.15, 0.2) is 36.4 Å². The van der Waals surface area contributed by atoms with Gasteiger partial charge in [0.15, 0.2) is 17.2 Å². The van der Waals surface area contributed by atoms with E-state index in [0.717, 1.165) is 5.52 Å². The van der Waals surface area contributed by atoms with Gasteiger partial charge in [0.2, 0.25) is 0 Å². The second kappa shape index (κ2) is 7.09. The molecule has 0 atom stereocenters. The molecule has 134 valence electrons. The number of rotatable bonds is 4. The van der Waals surface area contributed by atoms with Crippen LogP contribution in [-0.2, 0) is 0 Å². The van der Waals surface area contributed by atoms with E-state index in [1.807, 2.05) is 32.0 Å². The smallest absolute Gasteiger partial charge is 0.364 e. The van der Waals surface area contributed by atoms with E-state index in [2.05, 4.69) is 5.10 Å². The summed E-state index contributed by atoms with van der Waals surface area (Å²) >= 11 is 12.1. The van der Waals surface area contributed by atoms with Gasteiger partial charge in [0.1, 0.15) is 0 Å². The predicted octanol–water partition coefficient (Wildman–Crippen LogP) is 5.35. The molecule has 26 heavy (non-hydrogen) atoms. The van der Waals surface area contributed by atoms with Crippen molar-refractivity contribution in [1.29, 1.82) is 0 Å². The number of carbonyl (C=O) groups excluding carboxylic acids is 2. The van der Waals surface area contributed by atoms with Gasteiger partial charge in [-0.1, -0.05) is 41.4 Å². The first-order chi connectivity index (χ1) is 12.3. The fraction of sp³-hybridized carbons (Fsp3) is 0.211. The summed E-state index contributed by atoms with van der Waals surface area (Å²) in [6, 6.07) is 10.3. The number of para-hydroxylation sites is 1. The topological polar surface area (TPSA) is 61.2 Å². The van der Waals surface area contributed by atoms with Crippen LogP contribution >= 0.6 is 23.2 Å². The van der Waals surface area contributed by atoms with E-state index >= 15 is 0 Å². The third-order valence-electron chi connectivity index (χ3n) is 3.88. The molecule has 0 bridgehead atoms. The predicted molar refractivity (Wildman–Crippen MR) is 102 cm³/mol. The molecule has 2 aromatic carbocycles. The van der Waals surface area contributed by atoms with Gasteiger partial charge >= 0.3 is 5.97 Å². The molecule has 5 nitrogen and oxygen atoms in total. The Morgan fingerprint density at radius 1 is 1.15 bits per heavy atom. The molecule has 0 unspecified atom stereocenters. The molecule has 0 N–H and O–H groups in total. The number of ketones is 1. The van der Waals surface area contributed by atoms with Crippen molar-refractivity contribution in [2.24, 2.45) is 0 Å². The van der Waals surface area contributed by atoms with Crippen LogP contribution < -0.4 is 4.74 Å². The lowest BCUT2D eigenvalue weighted by Crippen LogP contribution is -2.13. The first-order valence-corrected chi connectivity index (χ1v) is 8.74. The lowest BCUT2D eigenvalue weighted by atomic mass is 10.1. The lowest BCUT2D eigenvalue weighted by molar-refractivity contribution is 0.0727. The minimum Gasteiger partial charge on any atom is -0.419 e. The van der Waals surface area contributed by atoms with Gasteiger partial charge < -0.3 is 4.74 Å². The lowest BCUT2D eigenvalue weighted by Gasteiger charge is -2.10. The van der Waals surface area contributed by atoms with Crippen LogP contribution in [0.5, 0.6) is 5.75 Å². The monoisotopic (exact) mass is 390 g/mol. The van der Waals surface area contributed by atoms with Crippen molar-refractivity contribution in [2.45, 2.75) is 26.8 Å². The minimum atomic E-state index is -0.688. The number of fused-ring (bicyclic) bond motifs is 1. The zero-order valence-electron chi connectivity index (χ0n) is 14.4. The third kappa shape index (κ3) is 3.32. The molecule has 7 heteroatoms. The molecule has 0 saturated carbocycles. The van der Waals surface area contributed by atoms with Crippen molar-refractivity contribution in [3.8, 4) is 5.75 Å². The molecule has 0 radical (unpaired) electrons. The van der Waals surface area contributed by atoms with E-state index in [1.165, 1.54) is 19.1 Å². The van der Waals surface area contributed by atoms with E-state index < -0.39 is 5.97 Å². The van der Waals surface area contributed by atoms with Gasteiger partial charge in [0.25, 0.3) is 0 Å². The maximum Gasteiger partial charge on any atom is 0.364 e. The molecule has 0 saturated heterocycles. The number of aromatic nitrogens is 2. The van der Waals surface area contributed by atoms with Gasteiger partial charge in [0.05, 0.1) is 16.1 Å². The van der Waals surface area contributed by atoms with Gasteiger partial charge in [-0.05, 0) is 39.0 Å². The highest BCUT2D eigenvalue weighted by molar-refractivity contribution is 6.36. The summed E-state index contributed by atoms with van der Waals surface area (Å²) < 4.78 is 7.20. The van der Waals surface area contributed by atoms with Crippen molar-refractivity contribution in [2.75, 3.05) is 0 Å². The molecule has 3 aromatic rings. The molecule has 1 aromatic heterocycles. The Kier molecular flexibility index (Phi) is 5.03. The normalized spacial score (nSPS) is 11.2. The molecule has 0 amide bonds. The van der Waals surface area contributed by atoms with Crippen LogP contribution in [0.3, 0.4) is 0 Å². The number of esters is 1. The van der Waals surface area contributed by atoms with Crippen molar-refractivity contribution in [3.05, 3.63) is 57.7 Å². The summed E-state index contributed by atoms with van der Waals surface area (Å²) in [5, 5.41) is 5.44. The molecule has 0 aliphatic heterocycles. The number of halogens is 2. The van der Waals surface area contributed by atoms with Crippen LogP contribution in [0.25, 0.3) is 10.9 Å². The van der Waals surface area contributed by atoms with E-state index in [9.17, 15) is 9.59 Å². The molecule has 0 aliphatic carbocycles. The van der Waals surface area contributed by atoms with Crippen LogP contribution in [0.1, 0.15) is 47.7 Å². The van der Waals surface area contributed by atoms with Crippen LogP contribution in [-0.4, -0.2) is 21.5 Å². The number of benzene rings is 2. The molecular weight excluding hydrogens is 375 g/mol. The number of carbonyl (C=O) groups is 2. The van der Waals surface area contributed by atoms with Crippen molar-refractivity contribution < 1.29 is 14.3 Å². The Bertz CT molecular complexity index is 1030. The van der Waals surface area contributed by atoms with Crippen LogP contribution in [0.4, 0.5) is 0 Å². The van der Waals surface area contributed by atoms with Gasteiger partial charge in [-0.15, -0.1) is 0 Å². The Balaban J connectivity index is 2.08. The SMILES string of the molecule is CC(=O)c1cc(Cl)cc(Cl)c1OC(=O)c1nn(C(C)C)c2ccccc12. The quantitative estimate of drug-likeness (QED) is 0.342. The van der Waals surface area contributed by atoms with E-state index in [1.54, 1.807) is 10.7 Å². The van der Waals surface area contributed by atoms with E-state index in [-0.39, 0.29) is 38.9 Å². The number of nitrogens with zero attached hydrogens (tertiary/aromatic N) is 2. The first kappa shape index (κ1) is 18.4. The molecule has 1 heterocycles. The van der Waals surface area contributed by atoms with Crippen molar-refractivity contribution in [3.63, 3.8) is 0 Å². The molecule has 0 fully saturated rings. The van der Waals surface area contributed by atoms with E-state index in [4.69, 9.17) is 27.9 Å². The summed E-state index contributed by atoms with van der Waals surface area (Å²) in [5.41, 5.74) is 1.13. The fourth-order valence-corrected chi connectivity index (χ4v) is 3.23. The molecular formula is C19H16Cl2N2O3. The summed E-state index contributed by atoms with van der Waals surface area (Å²) in [6.07, 6.45) is 0. The summed E-state index contributed by atoms with van der Waals surface area (Å²) in [7, 11) is 0. The number of Topliss-reactive ketones (excluding diaryl/α,β-unsaturated/α-hetero) is 1. The Morgan fingerprint density at radius 2 is 1.85 bits per heavy atom. The fourth-order valence-electron chi connectivity index (χ4n) is 2.70. The zero-order chi connectivity index (χ0) is 19.0. The number of ether oxygens (including phenoxy) is 1. The van der Waals surface area contributed by atoms with Crippen molar-refractivity contribution in [1.82, 2.24) is 9.78 Å². The average Bonchev–Trinajstić information content (AvgIpc) is 2.96. The summed E-state index contributed by atoms with van der Waals surface area (Å²) in [5.74, 6) is -1.01. The summed E-state index contributed by atoms with van der Waals surface area (Å²) in [4.78, 5) is 24.6. The Labute approximate surface area is 160 Å². The highest BCUT2D eigenvalue weighted by Crippen LogP contribution is 2.34. The zero-order valence-corrected chi connectivity index (χ0v) is 15.9. The maximum atomic E-state index is 12.8. The van der Waals surface area contributed by atoms with Gasteiger partial charge in [-0.2, -0.15) is 5.10 Å². The van der Waals surface area contributed by atoms with Crippen molar-refractivity contribution >= 4 is 45.9 Å². The van der Waals surface area contributed by atoms with Gasteiger partial charge in [-0.25, -0.2) is 4.79 Å². The standard InChI is InChI=1S/C19H16Cl2N2O3/c1-10(2)23-16-7-5-4-6-13(16)17(22-23)19(25)26-18-14(11(3)24)8-12(20)9-15(18)21/h4-10H,1-3H3. The first-order valence-electron chi connectivity index (χ1n) is 7.99. The second-order valence-electron chi connectivity index (χ2n) is 6.11. The average molecular weight is 391 g/mol. The Morgan fingerprint density at radius 3 is 2.50 bits per heavy atom. The maximum absolute atomic E-state index is 12.8.